The fourth-order valence-corrected chi connectivity index (χ4v) is 2.78. The van der Waals surface area contributed by atoms with Crippen LogP contribution in [-0.4, -0.2) is 72.9 Å². The van der Waals surface area contributed by atoms with Gasteiger partial charge in [0.25, 0.3) is 0 Å². The minimum absolute atomic E-state index is 0.147. The number of likely N-dealkylation sites (tertiary alicyclic amines) is 1. The summed E-state index contributed by atoms with van der Waals surface area (Å²) in [4.78, 5) is 16.2. The van der Waals surface area contributed by atoms with E-state index in [1.165, 1.54) is 0 Å². The molecule has 2 fully saturated rings. The molecule has 0 radical (unpaired) electrons. The van der Waals surface area contributed by atoms with Gasteiger partial charge in [0.15, 0.2) is 0 Å². The highest BCUT2D eigenvalue weighted by Gasteiger charge is 2.25. The Morgan fingerprint density at radius 3 is 2.94 bits per heavy atom. The number of carbonyl (C=O) groups excluding carboxylic acids is 1. The average Bonchev–Trinajstić information content (AvgIpc) is 2.39. The molecule has 1 amide bonds. The van der Waals surface area contributed by atoms with Crippen LogP contribution >= 0.6 is 0 Å². The van der Waals surface area contributed by atoms with Gasteiger partial charge in [-0.25, -0.2) is 0 Å². The molecule has 0 aromatic carbocycles. The molecule has 0 aromatic rings. The molecule has 2 saturated heterocycles. The van der Waals surface area contributed by atoms with E-state index < -0.39 is 0 Å². The van der Waals surface area contributed by atoms with Crippen molar-refractivity contribution in [2.24, 2.45) is 5.92 Å². The van der Waals surface area contributed by atoms with E-state index >= 15 is 0 Å². The third kappa shape index (κ3) is 3.67. The molecule has 2 rings (SSSR count). The van der Waals surface area contributed by atoms with Crippen LogP contribution in [0.1, 0.15) is 19.8 Å². The number of nitrogens with zero attached hydrogens (tertiary/aromatic N) is 2. The predicted molar refractivity (Wildman–Crippen MR) is 68.2 cm³/mol. The molecule has 5 heteroatoms. The standard InChI is InChI=1S/C13H24N2O3/c1-11-7-15(5-6-18-11)13(17)9-14-4-2-3-12(8-14)10-16/h11-12,16H,2-10H2,1H3. The molecule has 0 saturated carbocycles. The van der Waals surface area contributed by atoms with Crippen LogP contribution in [0.3, 0.4) is 0 Å². The summed E-state index contributed by atoms with van der Waals surface area (Å²) in [5.74, 6) is 0.541. The quantitative estimate of drug-likeness (QED) is 0.768. The summed E-state index contributed by atoms with van der Waals surface area (Å²) < 4.78 is 5.44. The normalized spacial score (nSPS) is 30.4. The topological polar surface area (TPSA) is 53.0 Å². The third-order valence-electron chi connectivity index (χ3n) is 3.81. The summed E-state index contributed by atoms with van der Waals surface area (Å²) in [7, 11) is 0. The van der Waals surface area contributed by atoms with E-state index in [0.717, 1.165) is 25.9 Å². The van der Waals surface area contributed by atoms with Crippen LogP contribution in [0.15, 0.2) is 0 Å². The molecule has 1 N–H and O–H groups in total. The van der Waals surface area contributed by atoms with Gasteiger partial charge in [0, 0.05) is 26.2 Å². The van der Waals surface area contributed by atoms with Crippen LogP contribution in [0.4, 0.5) is 0 Å². The molecule has 2 unspecified atom stereocenters. The second-order valence-corrected chi connectivity index (χ2v) is 5.45. The Labute approximate surface area is 109 Å². The van der Waals surface area contributed by atoms with Crippen LogP contribution < -0.4 is 0 Å². The Bertz CT molecular complexity index is 285. The van der Waals surface area contributed by atoms with Gasteiger partial charge in [-0.05, 0) is 32.2 Å². The second kappa shape index (κ2) is 6.50. The average molecular weight is 256 g/mol. The highest BCUT2D eigenvalue weighted by molar-refractivity contribution is 5.78. The van der Waals surface area contributed by atoms with E-state index in [9.17, 15) is 9.90 Å². The molecule has 2 atom stereocenters. The Kier molecular flexibility index (Phi) is 4.97. The van der Waals surface area contributed by atoms with Crippen molar-refractivity contribution in [2.45, 2.75) is 25.9 Å². The highest BCUT2D eigenvalue weighted by atomic mass is 16.5. The first kappa shape index (κ1) is 13.8. The largest absolute Gasteiger partial charge is 0.396 e. The van der Waals surface area contributed by atoms with Crippen molar-refractivity contribution in [2.75, 3.05) is 45.9 Å². The summed E-state index contributed by atoms with van der Waals surface area (Å²) in [6.45, 7) is 6.61. The number of ether oxygens (including phenoxy) is 1. The van der Waals surface area contributed by atoms with E-state index in [4.69, 9.17) is 4.74 Å². The summed E-state index contributed by atoms with van der Waals surface area (Å²) in [6.07, 6.45) is 2.31. The van der Waals surface area contributed by atoms with E-state index in [-0.39, 0.29) is 18.6 Å². The zero-order valence-electron chi connectivity index (χ0n) is 11.2. The van der Waals surface area contributed by atoms with E-state index in [1.54, 1.807) is 0 Å². The van der Waals surface area contributed by atoms with Gasteiger partial charge in [-0.15, -0.1) is 0 Å². The molecular formula is C13H24N2O3. The lowest BCUT2D eigenvalue weighted by molar-refractivity contribution is -0.139. The molecule has 104 valence electrons. The summed E-state index contributed by atoms with van der Waals surface area (Å²) in [6, 6.07) is 0. The maximum atomic E-state index is 12.2. The monoisotopic (exact) mass is 256 g/mol. The number of aliphatic hydroxyl groups excluding tert-OH is 1. The minimum Gasteiger partial charge on any atom is -0.396 e. The van der Waals surface area contributed by atoms with Crippen molar-refractivity contribution >= 4 is 5.91 Å². The van der Waals surface area contributed by atoms with Crippen molar-refractivity contribution < 1.29 is 14.6 Å². The molecule has 2 aliphatic heterocycles. The SMILES string of the molecule is CC1CN(C(=O)CN2CCCC(CO)C2)CCO1. The van der Waals surface area contributed by atoms with Gasteiger partial charge in [0.1, 0.15) is 0 Å². The van der Waals surface area contributed by atoms with Gasteiger partial charge in [-0.2, -0.15) is 0 Å². The molecular weight excluding hydrogens is 232 g/mol. The lowest BCUT2D eigenvalue weighted by Crippen LogP contribution is -2.49. The van der Waals surface area contributed by atoms with E-state index in [1.807, 2.05) is 11.8 Å². The fraction of sp³-hybridized carbons (Fsp3) is 0.923. The number of aliphatic hydroxyl groups is 1. The first-order valence-corrected chi connectivity index (χ1v) is 6.91. The third-order valence-corrected chi connectivity index (χ3v) is 3.81. The van der Waals surface area contributed by atoms with Gasteiger partial charge in [0.05, 0.1) is 19.3 Å². The van der Waals surface area contributed by atoms with Crippen molar-refractivity contribution in [1.82, 2.24) is 9.80 Å². The molecule has 18 heavy (non-hydrogen) atoms. The molecule has 0 spiro atoms. The molecule has 2 heterocycles. The minimum atomic E-state index is 0.147. The molecule has 5 nitrogen and oxygen atoms in total. The number of morpholine rings is 1. The summed E-state index contributed by atoms with van der Waals surface area (Å²) in [5, 5.41) is 9.19. The summed E-state index contributed by atoms with van der Waals surface area (Å²) in [5.41, 5.74) is 0. The molecule has 0 aromatic heterocycles. The first-order chi connectivity index (χ1) is 8.69. The Morgan fingerprint density at radius 2 is 2.22 bits per heavy atom. The molecule has 0 bridgehead atoms. The molecule has 0 aliphatic carbocycles. The number of hydrogen-bond donors (Lipinski definition) is 1. The van der Waals surface area contributed by atoms with Crippen LogP contribution in [-0.2, 0) is 9.53 Å². The van der Waals surface area contributed by atoms with Crippen LogP contribution in [0.5, 0.6) is 0 Å². The number of carbonyl (C=O) groups is 1. The lowest BCUT2D eigenvalue weighted by Gasteiger charge is -2.35. The van der Waals surface area contributed by atoms with E-state index in [0.29, 0.717) is 32.2 Å². The van der Waals surface area contributed by atoms with Gasteiger partial charge in [0.2, 0.25) is 5.91 Å². The smallest absolute Gasteiger partial charge is 0.236 e. The lowest BCUT2D eigenvalue weighted by atomic mass is 9.99. The molecule has 2 aliphatic rings. The summed E-state index contributed by atoms with van der Waals surface area (Å²) >= 11 is 0. The van der Waals surface area contributed by atoms with Crippen LogP contribution in [0.2, 0.25) is 0 Å². The van der Waals surface area contributed by atoms with Crippen molar-refractivity contribution in [3.8, 4) is 0 Å². The maximum absolute atomic E-state index is 12.2. The van der Waals surface area contributed by atoms with Gasteiger partial charge in [-0.3, -0.25) is 9.69 Å². The number of piperidine rings is 1. The fourth-order valence-electron chi connectivity index (χ4n) is 2.78. The second-order valence-electron chi connectivity index (χ2n) is 5.45. The van der Waals surface area contributed by atoms with Crippen molar-refractivity contribution in [1.29, 1.82) is 0 Å². The van der Waals surface area contributed by atoms with Gasteiger partial charge < -0.3 is 14.7 Å². The Morgan fingerprint density at radius 1 is 1.39 bits per heavy atom. The Hall–Kier alpha value is -0.650. The Balaban J connectivity index is 1.79. The number of hydrogen-bond acceptors (Lipinski definition) is 4. The van der Waals surface area contributed by atoms with Crippen molar-refractivity contribution in [3.63, 3.8) is 0 Å². The van der Waals surface area contributed by atoms with Gasteiger partial charge in [-0.1, -0.05) is 0 Å². The van der Waals surface area contributed by atoms with Crippen molar-refractivity contribution in [3.05, 3.63) is 0 Å². The zero-order valence-corrected chi connectivity index (χ0v) is 11.2. The van der Waals surface area contributed by atoms with E-state index in [2.05, 4.69) is 4.90 Å². The predicted octanol–water partition coefficient (Wildman–Crippen LogP) is -0.0620. The van der Waals surface area contributed by atoms with Crippen LogP contribution in [0, 0.1) is 5.92 Å². The first-order valence-electron chi connectivity index (χ1n) is 6.91. The number of amides is 1. The number of rotatable bonds is 3. The zero-order chi connectivity index (χ0) is 13.0. The van der Waals surface area contributed by atoms with Gasteiger partial charge >= 0.3 is 0 Å². The van der Waals surface area contributed by atoms with Crippen LogP contribution in [0.25, 0.3) is 0 Å². The highest BCUT2D eigenvalue weighted by Crippen LogP contribution is 2.16. The maximum Gasteiger partial charge on any atom is 0.236 e.